The first-order valence-corrected chi connectivity index (χ1v) is 10.6. The fourth-order valence-electron chi connectivity index (χ4n) is 2.21. The summed E-state index contributed by atoms with van der Waals surface area (Å²) in [6.45, 7) is 1.58. The SMILES string of the molecule is COCCNc1nnc(SCC(=O)NCc2ccc(-c3ccc(Cl)cc3)o2)s1. The van der Waals surface area contributed by atoms with Crippen LogP contribution in [0.1, 0.15) is 5.76 Å². The number of amides is 1. The number of benzene rings is 1. The van der Waals surface area contributed by atoms with Gasteiger partial charge >= 0.3 is 0 Å². The van der Waals surface area contributed by atoms with E-state index in [1.165, 1.54) is 23.1 Å². The van der Waals surface area contributed by atoms with Crippen molar-refractivity contribution in [3.8, 4) is 11.3 Å². The van der Waals surface area contributed by atoms with Gasteiger partial charge < -0.3 is 19.8 Å². The number of furan rings is 1. The number of rotatable bonds is 10. The molecule has 7 nitrogen and oxygen atoms in total. The number of hydrogen-bond acceptors (Lipinski definition) is 8. The predicted molar refractivity (Wildman–Crippen MR) is 112 cm³/mol. The van der Waals surface area contributed by atoms with E-state index in [1.807, 2.05) is 36.4 Å². The summed E-state index contributed by atoms with van der Waals surface area (Å²) < 4.78 is 11.5. The monoisotopic (exact) mass is 438 g/mol. The largest absolute Gasteiger partial charge is 0.459 e. The fraction of sp³-hybridized carbons (Fsp3) is 0.278. The molecule has 1 aromatic carbocycles. The molecule has 0 atom stereocenters. The van der Waals surface area contributed by atoms with Gasteiger partial charge in [-0.3, -0.25) is 4.79 Å². The topological polar surface area (TPSA) is 89.3 Å². The Morgan fingerprint density at radius 3 is 2.86 bits per heavy atom. The van der Waals surface area contributed by atoms with E-state index in [0.717, 1.165) is 15.7 Å². The van der Waals surface area contributed by atoms with Gasteiger partial charge in [-0.15, -0.1) is 10.2 Å². The lowest BCUT2D eigenvalue weighted by molar-refractivity contribution is -0.118. The Morgan fingerprint density at radius 2 is 2.07 bits per heavy atom. The molecule has 0 saturated heterocycles. The molecule has 0 unspecified atom stereocenters. The molecule has 0 aliphatic carbocycles. The van der Waals surface area contributed by atoms with Crippen molar-refractivity contribution in [2.75, 3.05) is 31.3 Å². The molecule has 2 aromatic heterocycles. The zero-order valence-corrected chi connectivity index (χ0v) is 17.5. The number of aromatic nitrogens is 2. The van der Waals surface area contributed by atoms with Gasteiger partial charge in [-0.1, -0.05) is 34.7 Å². The maximum atomic E-state index is 12.1. The highest BCUT2D eigenvalue weighted by Gasteiger charge is 2.10. The van der Waals surface area contributed by atoms with Crippen molar-refractivity contribution < 1.29 is 13.9 Å². The second-order valence-electron chi connectivity index (χ2n) is 5.63. The van der Waals surface area contributed by atoms with Crippen LogP contribution in [0.2, 0.25) is 5.02 Å². The average Bonchev–Trinajstić information content (AvgIpc) is 3.35. The van der Waals surface area contributed by atoms with Crippen LogP contribution in [-0.4, -0.2) is 42.1 Å². The number of methoxy groups -OCH3 is 1. The summed E-state index contributed by atoms with van der Waals surface area (Å²) in [5, 5.41) is 15.4. The third kappa shape index (κ3) is 6.23. The number of ether oxygens (including phenoxy) is 1. The minimum Gasteiger partial charge on any atom is -0.459 e. The van der Waals surface area contributed by atoms with Crippen LogP contribution in [0.4, 0.5) is 5.13 Å². The van der Waals surface area contributed by atoms with Gasteiger partial charge in [0.15, 0.2) is 4.34 Å². The third-order valence-corrected chi connectivity index (χ3v) is 5.83. The molecule has 3 aromatic rings. The number of nitrogens with one attached hydrogen (secondary N) is 2. The Balaban J connectivity index is 1.42. The lowest BCUT2D eigenvalue weighted by Crippen LogP contribution is -2.24. The van der Waals surface area contributed by atoms with Crippen LogP contribution in [0.25, 0.3) is 11.3 Å². The molecule has 10 heteroatoms. The molecule has 2 heterocycles. The molecular formula is C18H19ClN4O3S2. The van der Waals surface area contributed by atoms with Crippen LogP contribution in [0.5, 0.6) is 0 Å². The first kappa shape index (κ1) is 20.7. The predicted octanol–water partition coefficient (Wildman–Crippen LogP) is 3.92. The second kappa shape index (κ2) is 10.5. The summed E-state index contributed by atoms with van der Waals surface area (Å²) in [6, 6.07) is 11.1. The van der Waals surface area contributed by atoms with Gasteiger partial charge in [-0.25, -0.2) is 0 Å². The normalized spacial score (nSPS) is 10.8. The standard InChI is InChI=1S/C18H19ClN4O3S2/c1-25-9-8-20-17-22-23-18(28-17)27-11-16(24)21-10-14-6-7-15(26-14)12-2-4-13(19)5-3-12/h2-7H,8-11H2,1H3,(H,20,22)(H,21,24). The van der Waals surface area contributed by atoms with E-state index < -0.39 is 0 Å². The van der Waals surface area contributed by atoms with Crippen molar-refractivity contribution in [3.05, 3.63) is 47.2 Å². The zero-order chi connectivity index (χ0) is 19.8. The van der Waals surface area contributed by atoms with Crippen LogP contribution in [0, 0.1) is 0 Å². The molecule has 0 aliphatic heterocycles. The van der Waals surface area contributed by atoms with E-state index in [1.54, 1.807) is 7.11 Å². The van der Waals surface area contributed by atoms with Crippen molar-refractivity contribution in [2.45, 2.75) is 10.9 Å². The van der Waals surface area contributed by atoms with Crippen LogP contribution >= 0.6 is 34.7 Å². The van der Waals surface area contributed by atoms with Gasteiger partial charge in [-0.2, -0.15) is 0 Å². The third-order valence-electron chi connectivity index (χ3n) is 3.57. The van der Waals surface area contributed by atoms with E-state index in [-0.39, 0.29) is 11.7 Å². The van der Waals surface area contributed by atoms with E-state index >= 15 is 0 Å². The number of halogens is 1. The first-order chi connectivity index (χ1) is 13.6. The lowest BCUT2D eigenvalue weighted by Gasteiger charge is -2.02. The fourth-order valence-corrected chi connectivity index (χ4v) is 3.94. The Kier molecular flexibility index (Phi) is 7.72. The van der Waals surface area contributed by atoms with Crippen molar-refractivity contribution in [2.24, 2.45) is 0 Å². The molecular weight excluding hydrogens is 420 g/mol. The number of hydrogen-bond donors (Lipinski definition) is 2. The highest BCUT2D eigenvalue weighted by Crippen LogP contribution is 2.25. The molecule has 0 spiro atoms. The van der Waals surface area contributed by atoms with Gasteiger partial charge in [0.05, 0.1) is 18.9 Å². The summed E-state index contributed by atoms with van der Waals surface area (Å²) in [7, 11) is 1.64. The number of carbonyl (C=O) groups excluding carboxylic acids is 1. The van der Waals surface area contributed by atoms with E-state index in [2.05, 4.69) is 20.8 Å². The second-order valence-corrected chi connectivity index (χ2v) is 8.27. The highest BCUT2D eigenvalue weighted by molar-refractivity contribution is 8.01. The molecule has 0 bridgehead atoms. The Morgan fingerprint density at radius 1 is 1.25 bits per heavy atom. The lowest BCUT2D eigenvalue weighted by atomic mass is 10.2. The number of carbonyl (C=O) groups is 1. The summed E-state index contributed by atoms with van der Waals surface area (Å²) in [5.74, 6) is 1.58. The Labute approximate surface area is 175 Å². The minimum atomic E-state index is -0.0986. The maximum Gasteiger partial charge on any atom is 0.230 e. The number of anilines is 1. The van der Waals surface area contributed by atoms with E-state index in [4.69, 9.17) is 20.8 Å². The molecule has 148 valence electrons. The maximum absolute atomic E-state index is 12.1. The van der Waals surface area contributed by atoms with Crippen molar-refractivity contribution in [3.63, 3.8) is 0 Å². The van der Waals surface area contributed by atoms with Gasteiger partial charge in [0, 0.05) is 24.2 Å². The van der Waals surface area contributed by atoms with Crippen LogP contribution < -0.4 is 10.6 Å². The van der Waals surface area contributed by atoms with Gasteiger partial charge in [0.1, 0.15) is 11.5 Å². The molecule has 1 amide bonds. The first-order valence-electron chi connectivity index (χ1n) is 8.44. The van der Waals surface area contributed by atoms with Crippen molar-refractivity contribution in [1.82, 2.24) is 15.5 Å². The summed E-state index contributed by atoms with van der Waals surface area (Å²) in [4.78, 5) is 12.1. The molecule has 28 heavy (non-hydrogen) atoms. The van der Waals surface area contributed by atoms with Gasteiger partial charge in [0.2, 0.25) is 11.0 Å². The van der Waals surface area contributed by atoms with E-state index in [0.29, 0.717) is 35.6 Å². The summed E-state index contributed by atoms with van der Waals surface area (Å²) in [6.07, 6.45) is 0. The minimum absolute atomic E-state index is 0.0986. The Bertz CT molecular complexity index is 898. The van der Waals surface area contributed by atoms with Crippen LogP contribution in [0.3, 0.4) is 0 Å². The molecule has 2 N–H and O–H groups in total. The number of thioether (sulfide) groups is 1. The van der Waals surface area contributed by atoms with E-state index in [9.17, 15) is 4.79 Å². The molecule has 0 aliphatic rings. The summed E-state index contributed by atoms with van der Waals surface area (Å²) in [5.41, 5.74) is 0.934. The van der Waals surface area contributed by atoms with Crippen LogP contribution in [-0.2, 0) is 16.1 Å². The van der Waals surface area contributed by atoms with Crippen LogP contribution in [0.15, 0.2) is 45.2 Å². The molecule has 0 saturated carbocycles. The molecule has 0 fully saturated rings. The van der Waals surface area contributed by atoms with Crippen molar-refractivity contribution in [1.29, 1.82) is 0 Å². The average molecular weight is 439 g/mol. The zero-order valence-electron chi connectivity index (χ0n) is 15.1. The smallest absolute Gasteiger partial charge is 0.230 e. The van der Waals surface area contributed by atoms with Gasteiger partial charge in [0.25, 0.3) is 0 Å². The Hall–Kier alpha value is -2.07. The quantitative estimate of drug-likeness (QED) is 0.366. The number of nitrogens with zero attached hydrogens (tertiary/aromatic N) is 2. The van der Waals surface area contributed by atoms with Gasteiger partial charge in [-0.05, 0) is 36.4 Å². The highest BCUT2D eigenvalue weighted by atomic mass is 35.5. The molecule has 0 radical (unpaired) electrons. The van der Waals surface area contributed by atoms with Crippen molar-refractivity contribution >= 4 is 45.7 Å². The molecule has 3 rings (SSSR count). The summed E-state index contributed by atoms with van der Waals surface area (Å²) >= 11 is 8.65.